The summed E-state index contributed by atoms with van der Waals surface area (Å²) in [7, 11) is 0. The Kier molecular flexibility index (Phi) is 3.61. The minimum atomic E-state index is 0.156. The summed E-state index contributed by atoms with van der Waals surface area (Å²) in [6.45, 7) is 3.34. The molecule has 1 aliphatic heterocycles. The maximum Gasteiger partial charge on any atom is 0.163 e. The molecule has 1 saturated heterocycles. The highest BCUT2D eigenvalue weighted by molar-refractivity contribution is 5.87. The first-order valence-corrected chi connectivity index (χ1v) is 8.01. The first-order chi connectivity index (χ1) is 11.8. The van der Waals surface area contributed by atoms with Gasteiger partial charge in [0.1, 0.15) is 23.6 Å². The number of rotatable bonds is 4. The predicted molar refractivity (Wildman–Crippen MR) is 86.1 cm³/mol. The van der Waals surface area contributed by atoms with Crippen molar-refractivity contribution in [3.05, 3.63) is 30.0 Å². The smallest absolute Gasteiger partial charge is 0.163 e. The van der Waals surface area contributed by atoms with Crippen LogP contribution in [0.4, 0.5) is 5.82 Å². The van der Waals surface area contributed by atoms with Gasteiger partial charge >= 0.3 is 0 Å². The Hall–Kier alpha value is -2.95. The Morgan fingerprint density at radius 3 is 3.12 bits per heavy atom. The zero-order valence-electron chi connectivity index (χ0n) is 13.4. The largest absolute Gasteiger partial charge is 0.361 e. The third-order valence-corrected chi connectivity index (χ3v) is 4.36. The minimum absolute atomic E-state index is 0.156. The van der Waals surface area contributed by atoms with E-state index in [1.54, 1.807) is 17.2 Å². The first-order valence-electron chi connectivity index (χ1n) is 8.01. The molecule has 1 aliphatic rings. The molecule has 4 heterocycles. The highest BCUT2D eigenvalue weighted by atomic mass is 16.5. The Balaban J connectivity index is 1.73. The highest BCUT2D eigenvalue weighted by Crippen LogP contribution is 2.37. The van der Waals surface area contributed by atoms with Crippen molar-refractivity contribution in [2.24, 2.45) is 0 Å². The lowest BCUT2D eigenvalue weighted by atomic mass is 10.1. The van der Waals surface area contributed by atoms with Gasteiger partial charge in [0.25, 0.3) is 0 Å². The molecular formula is C16H17N7O. The van der Waals surface area contributed by atoms with Gasteiger partial charge in [-0.1, -0.05) is 5.16 Å². The van der Waals surface area contributed by atoms with Crippen molar-refractivity contribution >= 4 is 16.9 Å². The second-order valence-electron chi connectivity index (χ2n) is 5.92. The molecule has 3 aromatic rings. The van der Waals surface area contributed by atoms with Gasteiger partial charge in [-0.05, 0) is 19.8 Å². The van der Waals surface area contributed by atoms with Gasteiger partial charge in [-0.15, -0.1) is 0 Å². The van der Waals surface area contributed by atoms with Crippen molar-refractivity contribution in [2.75, 3.05) is 11.4 Å². The first kappa shape index (κ1) is 14.6. The summed E-state index contributed by atoms with van der Waals surface area (Å²) in [6.07, 6.45) is 5.84. The highest BCUT2D eigenvalue weighted by Gasteiger charge is 2.31. The maximum absolute atomic E-state index is 8.78. The molecule has 0 bridgehead atoms. The van der Waals surface area contributed by atoms with E-state index < -0.39 is 0 Å². The number of hydrogen-bond acceptors (Lipinski definition) is 7. The summed E-state index contributed by atoms with van der Waals surface area (Å²) in [5.41, 5.74) is 1.70. The summed E-state index contributed by atoms with van der Waals surface area (Å²) < 4.78 is 7.00. The second-order valence-corrected chi connectivity index (χ2v) is 5.92. The number of aromatic nitrogens is 5. The van der Waals surface area contributed by atoms with E-state index in [-0.39, 0.29) is 6.04 Å². The topological polar surface area (TPSA) is 96.7 Å². The lowest BCUT2D eigenvalue weighted by molar-refractivity contribution is 0.385. The zero-order valence-corrected chi connectivity index (χ0v) is 13.4. The van der Waals surface area contributed by atoms with E-state index in [2.05, 4.69) is 31.2 Å². The fraction of sp³-hybridized carbons (Fsp3) is 0.438. The van der Waals surface area contributed by atoms with Crippen LogP contribution in [0, 0.1) is 18.3 Å². The van der Waals surface area contributed by atoms with E-state index in [1.807, 2.05) is 13.0 Å². The number of aryl methyl sites for hydroxylation is 2. The molecule has 0 saturated carbocycles. The van der Waals surface area contributed by atoms with E-state index in [9.17, 15) is 0 Å². The Morgan fingerprint density at radius 1 is 1.42 bits per heavy atom. The number of hydrogen-bond donors (Lipinski definition) is 0. The molecule has 4 rings (SSSR count). The number of anilines is 1. The molecular weight excluding hydrogens is 306 g/mol. The lowest BCUT2D eigenvalue weighted by Gasteiger charge is -2.24. The third-order valence-electron chi connectivity index (χ3n) is 4.36. The van der Waals surface area contributed by atoms with Gasteiger partial charge in [0, 0.05) is 12.6 Å². The van der Waals surface area contributed by atoms with E-state index in [1.165, 1.54) is 0 Å². The van der Waals surface area contributed by atoms with Crippen LogP contribution in [0.1, 0.15) is 36.8 Å². The predicted octanol–water partition coefficient (Wildman–Crippen LogP) is 2.38. The van der Waals surface area contributed by atoms with Crippen LogP contribution in [0.2, 0.25) is 0 Å². The number of nitrogens with zero attached hydrogens (tertiary/aromatic N) is 7. The van der Waals surface area contributed by atoms with Gasteiger partial charge in [0.05, 0.1) is 36.7 Å². The molecule has 0 N–H and O–H groups in total. The van der Waals surface area contributed by atoms with E-state index in [0.717, 1.165) is 47.7 Å². The molecule has 0 radical (unpaired) electrons. The summed E-state index contributed by atoms with van der Waals surface area (Å²) in [5, 5.41) is 18.2. The van der Waals surface area contributed by atoms with Crippen LogP contribution in [0.5, 0.6) is 0 Å². The van der Waals surface area contributed by atoms with Gasteiger partial charge in [-0.3, -0.25) is 0 Å². The van der Waals surface area contributed by atoms with Gasteiger partial charge in [0.2, 0.25) is 0 Å². The molecule has 1 atom stereocenters. The van der Waals surface area contributed by atoms with Gasteiger partial charge in [-0.25, -0.2) is 14.6 Å². The van der Waals surface area contributed by atoms with Gasteiger partial charge in [-0.2, -0.15) is 10.4 Å². The molecule has 0 aliphatic carbocycles. The molecule has 0 aromatic carbocycles. The van der Waals surface area contributed by atoms with E-state index >= 15 is 0 Å². The molecule has 0 spiro atoms. The average molecular weight is 323 g/mol. The summed E-state index contributed by atoms with van der Waals surface area (Å²) in [4.78, 5) is 11.1. The summed E-state index contributed by atoms with van der Waals surface area (Å²) >= 11 is 0. The van der Waals surface area contributed by atoms with Crippen molar-refractivity contribution in [3.63, 3.8) is 0 Å². The van der Waals surface area contributed by atoms with Crippen LogP contribution >= 0.6 is 0 Å². The Morgan fingerprint density at radius 2 is 2.33 bits per heavy atom. The Bertz CT molecular complexity index is 907. The fourth-order valence-corrected chi connectivity index (χ4v) is 3.30. The SMILES string of the molecule is Cc1cc([C@H]2CCCN2c2ncnc3c2cnn3CCC#N)no1. The molecule has 0 amide bonds. The molecule has 0 unspecified atom stereocenters. The van der Waals surface area contributed by atoms with Crippen molar-refractivity contribution in [1.82, 2.24) is 24.9 Å². The van der Waals surface area contributed by atoms with Crippen LogP contribution in [-0.2, 0) is 6.54 Å². The van der Waals surface area contributed by atoms with Crippen LogP contribution in [0.25, 0.3) is 11.0 Å². The average Bonchev–Trinajstić information content (AvgIpc) is 3.31. The standard InChI is InChI=1S/C16H17N7O/c1-11-8-13(21-24-11)14-4-2-6-22(14)15-12-9-20-23(7-3-5-17)16(12)19-10-18-15/h8-10,14H,2-4,6-7H2,1H3/t14-/m1/s1. The zero-order chi connectivity index (χ0) is 16.5. The van der Waals surface area contributed by atoms with Gasteiger partial charge < -0.3 is 9.42 Å². The fourth-order valence-electron chi connectivity index (χ4n) is 3.30. The van der Waals surface area contributed by atoms with Crippen LogP contribution in [0.15, 0.2) is 23.1 Å². The Labute approximate surface area is 138 Å². The van der Waals surface area contributed by atoms with Crippen LogP contribution in [-0.4, -0.2) is 31.4 Å². The van der Waals surface area contributed by atoms with Crippen molar-refractivity contribution < 1.29 is 4.52 Å². The van der Waals surface area contributed by atoms with Crippen LogP contribution < -0.4 is 4.90 Å². The normalized spacial score (nSPS) is 17.5. The number of nitriles is 1. The molecule has 1 fully saturated rings. The summed E-state index contributed by atoms with van der Waals surface area (Å²) in [5.74, 6) is 1.68. The van der Waals surface area contributed by atoms with Gasteiger partial charge in [0.15, 0.2) is 5.65 Å². The van der Waals surface area contributed by atoms with Crippen molar-refractivity contribution in [3.8, 4) is 6.07 Å². The van der Waals surface area contributed by atoms with E-state index in [0.29, 0.717) is 13.0 Å². The number of fused-ring (bicyclic) bond motifs is 1. The lowest BCUT2D eigenvalue weighted by Crippen LogP contribution is -2.24. The maximum atomic E-state index is 8.78. The van der Waals surface area contributed by atoms with E-state index in [4.69, 9.17) is 9.78 Å². The molecule has 24 heavy (non-hydrogen) atoms. The second kappa shape index (κ2) is 5.92. The monoisotopic (exact) mass is 323 g/mol. The molecule has 8 nitrogen and oxygen atoms in total. The summed E-state index contributed by atoms with van der Waals surface area (Å²) in [6, 6.07) is 4.28. The van der Waals surface area contributed by atoms with Crippen molar-refractivity contribution in [1.29, 1.82) is 5.26 Å². The van der Waals surface area contributed by atoms with Crippen LogP contribution in [0.3, 0.4) is 0 Å². The van der Waals surface area contributed by atoms with Crippen molar-refractivity contribution in [2.45, 2.75) is 38.8 Å². The molecule has 122 valence electrons. The molecule has 8 heteroatoms. The third kappa shape index (κ3) is 2.38. The molecule has 3 aromatic heterocycles. The minimum Gasteiger partial charge on any atom is -0.361 e. The quantitative estimate of drug-likeness (QED) is 0.727.